The number of methoxy groups -OCH3 is 2. The van der Waals surface area contributed by atoms with Crippen LogP contribution in [0.4, 0.5) is 0 Å². The van der Waals surface area contributed by atoms with E-state index in [0.717, 1.165) is 32.1 Å². The number of ether oxygens (including phenoxy) is 2. The maximum absolute atomic E-state index is 12.4. The first-order chi connectivity index (χ1) is 12.6. The largest absolute Gasteiger partial charge is 0.493 e. The first-order valence-corrected chi connectivity index (χ1v) is 9.36. The molecule has 6 heteroatoms. The van der Waals surface area contributed by atoms with Gasteiger partial charge in [-0.15, -0.1) is 0 Å². The van der Waals surface area contributed by atoms with Gasteiger partial charge in [-0.25, -0.2) is 0 Å². The van der Waals surface area contributed by atoms with Crippen LogP contribution in [0.1, 0.15) is 36.0 Å². The number of hydrogen-bond acceptors (Lipinski definition) is 5. The second-order valence-corrected chi connectivity index (χ2v) is 7.12. The van der Waals surface area contributed by atoms with Gasteiger partial charge in [-0.1, -0.05) is 0 Å². The zero-order valence-electron chi connectivity index (χ0n) is 15.7. The van der Waals surface area contributed by atoms with Gasteiger partial charge in [-0.3, -0.25) is 14.5 Å². The zero-order valence-corrected chi connectivity index (χ0v) is 15.7. The summed E-state index contributed by atoms with van der Waals surface area (Å²) in [6.45, 7) is 4.63. The van der Waals surface area contributed by atoms with Crippen LogP contribution in [0, 0.1) is 5.92 Å². The van der Waals surface area contributed by atoms with Gasteiger partial charge in [0.15, 0.2) is 17.3 Å². The van der Waals surface area contributed by atoms with Crippen LogP contribution in [0.15, 0.2) is 18.2 Å². The Kier molecular flexibility index (Phi) is 6.14. The van der Waals surface area contributed by atoms with Crippen molar-refractivity contribution in [2.24, 2.45) is 5.92 Å². The smallest absolute Gasteiger partial charge is 0.223 e. The van der Waals surface area contributed by atoms with Gasteiger partial charge in [-0.05, 0) is 37.0 Å². The molecule has 0 atom stereocenters. The lowest BCUT2D eigenvalue weighted by atomic mass is 10.1. The summed E-state index contributed by atoms with van der Waals surface area (Å²) in [6, 6.07) is 5.10. The second-order valence-electron chi connectivity index (χ2n) is 7.12. The van der Waals surface area contributed by atoms with Crippen LogP contribution in [-0.4, -0.2) is 68.4 Å². The Morgan fingerprint density at radius 1 is 1.00 bits per heavy atom. The summed E-state index contributed by atoms with van der Waals surface area (Å²) in [6.07, 6.45) is 3.20. The molecule has 3 rings (SSSR count). The fourth-order valence-corrected chi connectivity index (χ4v) is 3.38. The number of benzene rings is 1. The van der Waals surface area contributed by atoms with E-state index in [1.807, 2.05) is 4.90 Å². The van der Waals surface area contributed by atoms with Crippen molar-refractivity contribution in [1.29, 1.82) is 0 Å². The summed E-state index contributed by atoms with van der Waals surface area (Å²) in [4.78, 5) is 29.2. The summed E-state index contributed by atoms with van der Waals surface area (Å²) < 4.78 is 10.4. The van der Waals surface area contributed by atoms with Crippen LogP contribution < -0.4 is 9.47 Å². The molecule has 142 valence electrons. The number of rotatable bonds is 8. The lowest BCUT2D eigenvalue weighted by Gasteiger charge is -2.34. The van der Waals surface area contributed by atoms with Crippen LogP contribution in [0.5, 0.6) is 11.5 Å². The Bertz CT molecular complexity index is 649. The molecule has 2 fully saturated rings. The molecule has 1 aliphatic heterocycles. The number of nitrogens with zero attached hydrogens (tertiary/aromatic N) is 2. The molecule has 1 saturated heterocycles. The van der Waals surface area contributed by atoms with E-state index in [-0.39, 0.29) is 24.5 Å². The number of ketones is 1. The molecule has 1 saturated carbocycles. The monoisotopic (exact) mass is 360 g/mol. The maximum Gasteiger partial charge on any atom is 0.223 e. The van der Waals surface area contributed by atoms with Crippen LogP contribution in [0.2, 0.25) is 0 Å². The third-order valence-electron chi connectivity index (χ3n) is 5.21. The minimum atomic E-state index is -0.0494. The molecule has 0 aromatic heterocycles. The first kappa shape index (κ1) is 18.7. The number of carbonyl (C=O) groups excluding carboxylic acids is 2. The van der Waals surface area contributed by atoms with Crippen molar-refractivity contribution < 1.29 is 19.1 Å². The second kappa shape index (κ2) is 8.54. The topological polar surface area (TPSA) is 59.1 Å². The molecule has 6 nitrogen and oxygen atoms in total. The minimum Gasteiger partial charge on any atom is -0.493 e. The van der Waals surface area contributed by atoms with Crippen molar-refractivity contribution in [2.75, 3.05) is 46.9 Å². The number of amides is 1. The highest BCUT2D eigenvalue weighted by molar-refractivity contribution is 5.98. The van der Waals surface area contributed by atoms with Crippen molar-refractivity contribution in [3.05, 3.63) is 23.8 Å². The van der Waals surface area contributed by atoms with Gasteiger partial charge in [-0.2, -0.15) is 0 Å². The molecule has 0 bridgehead atoms. The molecule has 1 aromatic carbocycles. The third-order valence-corrected chi connectivity index (χ3v) is 5.21. The fourth-order valence-electron chi connectivity index (χ4n) is 3.38. The lowest BCUT2D eigenvalue weighted by Crippen LogP contribution is -2.49. The summed E-state index contributed by atoms with van der Waals surface area (Å²) in [5.41, 5.74) is 0.546. The van der Waals surface area contributed by atoms with Crippen LogP contribution in [-0.2, 0) is 4.79 Å². The van der Waals surface area contributed by atoms with Crippen molar-refractivity contribution >= 4 is 11.7 Å². The van der Waals surface area contributed by atoms with Crippen molar-refractivity contribution in [3.8, 4) is 11.5 Å². The summed E-state index contributed by atoms with van der Waals surface area (Å²) in [5, 5.41) is 0. The van der Waals surface area contributed by atoms with E-state index >= 15 is 0 Å². The van der Waals surface area contributed by atoms with E-state index in [2.05, 4.69) is 4.90 Å². The predicted octanol–water partition coefficient (Wildman–Crippen LogP) is 2.22. The van der Waals surface area contributed by atoms with E-state index < -0.39 is 0 Å². The minimum absolute atomic E-state index is 0.0494. The van der Waals surface area contributed by atoms with Gasteiger partial charge < -0.3 is 14.4 Å². The number of hydrogen-bond donors (Lipinski definition) is 0. The Morgan fingerprint density at radius 2 is 1.69 bits per heavy atom. The third kappa shape index (κ3) is 4.75. The van der Waals surface area contributed by atoms with Gasteiger partial charge in [0.05, 0.1) is 14.2 Å². The molecule has 2 aliphatic rings. The van der Waals surface area contributed by atoms with Gasteiger partial charge in [0.2, 0.25) is 5.91 Å². The van der Waals surface area contributed by atoms with E-state index in [1.165, 1.54) is 19.4 Å². The number of Topliss-reactive ketones (excluding diaryl/α,β-unsaturated/α-hetero) is 1. The molecular weight excluding hydrogens is 332 g/mol. The highest BCUT2D eigenvalue weighted by atomic mass is 16.5. The molecule has 0 radical (unpaired) electrons. The number of piperazine rings is 1. The van der Waals surface area contributed by atoms with Crippen LogP contribution >= 0.6 is 0 Å². The summed E-state index contributed by atoms with van der Waals surface area (Å²) >= 11 is 0. The SMILES string of the molecule is COc1ccc(C(=O)CCC(=O)N2CCN(CC3CC3)CC2)cc1OC. The summed E-state index contributed by atoms with van der Waals surface area (Å²) in [5.74, 6) is 2.02. The lowest BCUT2D eigenvalue weighted by molar-refractivity contribution is -0.132. The number of carbonyl (C=O) groups is 2. The van der Waals surface area contributed by atoms with Crippen molar-refractivity contribution in [3.63, 3.8) is 0 Å². The van der Waals surface area contributed by atoms with Gasteiger partial charge in [0, 0.05) is 51.1 Å². The van der Waals surface area contributed by atoms with Gasteiger partial charge in [0.1, 0.15) is 0 Å². The maximum atomic E-state index is 12.4. The van der Waals surface area contributed by atoms with Crippen molar-refractivity contribution in [2.45, 2.75) is 25.7 Å². The molecule has 26 heavy (non-hydrogen) atoms. The molecule has 0 spiro atoms. The van der Waals surface area contributed by atoms with Gasteiger partial charge in [0.25, 0.3) is 0 Å². The van der Waals surface area contributed by atoms with E-state index in [4.69, 9.17) is 9.47 Å². The Labute approximate surface area is 155 Å². The van der Waals surface area contributed by atoms with Gasteiger partial charge >= 0.3 is 0 Å². The van der Waals surface area contributed by atoms with Crippen LogP contribution in [0.3, 0.4) is 0 Å². The van der Waals surface area contributed by atoms with E-state index in [0.29, 0.717) is 17.1 Å². The standard InChI is InChI=1S/C20H28N2O4/c1-25-18-7-5-16(13-19(18)26-2)17(23)6-8-20(24)22-11-9-21(10-12-22)14-15-3-4-15/h5,7,13,15H,3-4,6,8-12,14H2,1-2H3. The summed E-state index contributed by atoms with van der Waals surface area (Å²) in [7, 11) is 3.10. The normalized spacial score (nSPS) is 17.8. The Hall–Kier alpha value is -2.08. The zero-order chi connectivity index (χ0) is 18.5. The average molecular weight is 360 g/mol. The molecular formula is C20H28N2O4. The highest BCUT2D eigenvalue weighted by Crippen LogP contribution is 2.30. The van der Waals surface area contributed by atoms with Crippen LogP contribution in [0.25, 0.3) is 0 Å². The predicted molar refractivity (Wildman–Crippen MR) is 98.9 cm³/mol. The molecule has 1 amide bonds. The first-order valence-electron chi connectivity index (χ1n) is 9.36. The Balaban J connectivity index is 1.46. The average Bonchev–Trinajstić information content (AvgIpc) is 3.49. The quantitative estimate of drug-likeness (QED) is 0.666. The van der Waals surface area contributed by atoms with E-state index in [1.54, 1.807) is 32.4 Å². The molecule has 1 aromatic rings. The highest BCUT2D eigenvalue weighted by Gasteiger charge is 2.27. The molecule has 1 heterocycles. The molecule has 0 N–H and O–H groups in total. The van der Waals surface area contributed by atoms with E-state index in [9.17, 15) is 9.59 Å². The van der Waals surface area contributed by atoms with Crippen molar-refractivity contribution in [1.82, 2.24) is 9.80 Å². The molecule has 1 aliphatic carbocycles. The fraction of sp³-hybridized carbons (Fsp3) is 0.600. The molecule has 0 unspecified atom stereocenters. The Morgan fingerprint density at radius 3 is 2.31 bits per heavy atom.